The Balaban J connectivity index is 1.68. The van der Waals surface area contributed by atoms with Crippen molar-refractivity contribution < 1.29 is 19.1 Å². The van der Waals surface area contributed by atoms with Gasteiger partial charge in [0, 0.05) is 29.0 Å². The average Bonchev–Trinajstić information content (AvgIpc) is 3.03. The van der Waals surface area contributed by atoms with E-state index in [4.69, 9.17) is 9.47 Å². The van der Waals surface area contributed by atoms with Gasteiger partial charge in [0.2, 0.25) is 0 Å². The van der Waals surface area contributed by atoms with E-state index in [2.05, 4.69) is 36.1 Å². The lowest BCUT2D eigenvalue weighted by Crippen LogP contribution is -2.18. The van der Waals surface area contributed by atoms with Crippen LogP contribution in [0.5, 0.6) is 11.5 Å². The molecule has 0 spiro atoms. The van der Waals surface area contributed by atoms with Crippen molar-refractivity contribution in [3.05, 3.63) is 131 Å². The van der Waals surface area contributed by atoms with Crippen LogP contribution in [0, 0.1) is 0 Å². The molecule has 0 atom stereocenters. The van der Waals surface area contributed by atoms with E-state index in [1.54, 1.807) is 81.0 Å². The van der Waals surface area contributed by atoms with Crippen LogP contribution in [-0.2, 0) is 0 Å². The molecule has 5 nitrogen and oxygen atoms in total. The van der Waals surface area contributed by atoms with Gasteiger partial charge in [0.05, 0.1) is 14.2 Å². The number of rotatable bonds is 13. The maximum Gasteiger partial charge on any atom is 0.185 e. The number of para-hydroxylation sites is 1. The molecule has 4 rings (SSSR count). The summed E-state index contributed by atoms with van der Waals surface area (Å²) in [6, 6.07) is 30.4. The molecule has 0 saturated carbocycles. The van der Waals surface area contributed by atoms with E-state index in [-0.39, 0.29) is 11.6 Å². The molecule has 5 heteroatoms. The van der Waals surface area contributed by atoms with E-state index >= 15 is 0 Å². The van der Waals surface area contributed by atoms with Gasteiger partial charge in [0.1, 0.15) is 11.5 Å². The fourth-order valence-electron chi connectivity index (χ4n) is 4.39. The van der Waals surface area contributed by atoms with Gasteiger partial charge in [-0.1, -0.05) is 49.8 Å². The molecule has 0 aliphatic carbocycles. The molecule has 0 unspecified atom stereocenters. The molecule has 0 aromatic heterocycles. The van der Waals surface area contributed by atoms with Crippen molar-refractivity contribution in [1.29, 1.82) is 0 Å². The first-order chi connectivity index (χ1) is 20.0. The molecule has 0 N–H and O–H groups in total. The first-order valence-electron chi connectivity index (χ1n) is 13.7. The molecular weight excluding hydrogens is 510 g/mol. The Morgan fingerprint density at radius 2 is 1.20 bits per heavy atom. The smallest absolute Gasteiger partial charge is 0.185 e. The number of nitrogens with zero attached hydrogens (tertiary/aromatic N) is 1. The topological polar surface area (TPSA) is 55.8 Å². The third-order valence-corrected chi connectivity index (χ3v) is 6.76. The van der Waals surface area contributed by atoms with Crippen LogP contribution in [0.1, 0.15) is 51.6 Å². The highest BCUT2D eigenvalue weighted by Gasteiger charge is 2.12. The molecule has 41 heavy (non-hydrogen) atoms. The van der Waals surface area contributed by atoms with Gasteiger partial charge < -0.3 is 14.4 Å². The summed E-state index contributed by atoms with van der Waals surface area (Å²) < 4.78 is 10.4. The number of ketones is 2. The zero-order valence-electron chi connectivity index (χ0n) is 23.7. The van der Waals surface area contributed by atoms with E-state index in [0.717, 1.165) is 41.9 Å². The minimum atomic E-state index is -0.117. The summed E-state index contributed by atoms with van der Waals surface area (Å²) in [6.07, 6.45) is 8.85. The number of methoxy groups -OCH3 is 2. The summed E-state index contributed by atoms with van der Waals surface area (Å²) in [7, 11) is 3.19. The van der Waals surface area contributed by atoms with Crippen LogP contribution in [0.2, 0.25) is 0 Å². The van der Waals surface area contributed by atoms with Crippen molar-refractivity contribution in [2.24, 2.45) is 0 Å². The Morgan fingerprint density at radius 1 is 0.659 bits per heavy atom. The largest absolute Gasteiger partial charge is 0.497 e. The van der Waals surface area contributed by atoms with E-state index in [9.17, 15) is 9.59 Å². The minimum absolute atomic E-state index is 0.116. The van der Waals surface area contributed by atoms with Crippen molar-refractivity contribution in [2.45, 2.75) is 19.8 Å². The molecule has 0 amide bonds. The molecule has 0 fully saturated rings. The lowest BCUT2D eigenvalue weighted by Gasteiger charge is -2.25. The number of hydrogen-bond acceptors (Lipinski definition) is 5. The predicted molar refractivity (Wildman–Crippen MR) is 168 cm³/mol. The summed E-state index contributed by atoms with van der Waals surface area (Å²) in [6.45, 7) is 3.04. The highest BCUT2D eigenvalue weighted by molar-refractivity contribution is 6.08. The molecule has 0 bridgehead atoms. The number of allylic oxidation sites excluding steroid dienone is 2. The minimum Gasteiger partial charge on any atom is -0.497 e. The summed E-state index contributed by atoms with van der Waals surface area (Å²) in [5.74, 6) is 1.16. The normalized spacial score (nSPS) is 11.1. The van der Waals surface area contributed by atoms with Crippen LogP contribution in [0.25, 0.3) is 12.2 Å². The van der Waals surface area contributed by atoms with Gasteiger partial charge in [-0.15, -0.1) is 0 Å². The van der Waals surface area contributed by atoms with Crippen molar-refractivity contribution in [2.75, 3.05) is 25.7 Å². The van der Waals surface area contributed by atoms with Crippen LogP contribution >= 0.6 is 0 Å². The van der Waals surface area contributed by atoms with Gasteiger partial charge in [-0.05, 0) is 102 Å². The summed E-state index contributed by atoms with van der Waals surface area (Å²) in [4.78, 5) is 28.2. The maximum absolute atomic E-state index is 13.0. The molecule has 0 aliphatic heterocycles. The Morgan fingerprint density at radius 3 is 1.71 bits per heavy atom. The van der Waals surface area contributed by atoms with Crippen LogP contribution < -0.4 is 14.4 Å². The number of hydrogen-bond donors (Lipinski definition) is 0. The summed E-state index contributed by atoms with van der Waals surface area (Å²) >= 11 is 0. The van der Waals surface area contributed by atoms with Crippen LogP contribution in [-0.4, -0.2) is 32.3 Å². The Labute approximate surface area is 242 Å². The molecule has 0 aliphatic rings. The van der Waals surface area contributed by atoms with Gasteiger partial charge in [0.25, 0.3) is 0 Å². The Kier molecular flexibility index (Phi) is 10.3. The van der Waals surface area contributed by atoms with Crippen molar-refractivity contribution in [3.8, 4) is 11.5 Å². The monoisotopic (exact) mass is 545 g/mol. The zero-order chi connectivity index (χ0) is 29.0. The fraction of sp³-hybridized carbons (Fsp3) is 0.167. The van der Waals surface area contributed by atoms with Gasteiger partial charge >= 0.3 is 0 Å². The molecule has 0 radical (unpaired) electrons. The number of anilines is 2. The molecular formula is C36H35NO4. The quantitative estimate of drug-likeness (QED) is 0.125. The molecule has 208 valence electrons. The highest BCUT2D eigenvalue weighted by Crippen LogP contribution is 2.29. The van der Waals surface area contributed by atoms with E-state index in [1.165, 1.54) is 0 Å². The van der Waals surface area contributed by atoms with Crippen LogP contribution in [0.4, 0.5) is 11.4 Å². The first kappa shape index (κ1) is 29.1. The number of benzene rings is 4. The standard InChI is InChI=1S/C36H35NO4/c1-4-5-25-37(31-9-7-6-8-10-31)32-18-11-27(16-23-35(38)28-12-19-33(40-2)20-13-28)30(26-32)17-24-36(39)29-14-21-34(41-3)22-15-29/h6-24,26H,4-5,25H2,1-3H3/b23-16+,24-17+. The lowest BCUT2D eigenvalue weighted by atomic mass is 10.0. The van der Waals surface area contributed by atoms with Gasteiger partial charge in [0.15, 0.2) is 11.6 Å². The SMILES string of the molecule is CCCCN(c1ccccc1)c1ccc(/C=C/C(=O)c2ccc(OC)cc2)c(/C=C/C(=O)c2ccc(OC)cc2)c1. The van der Waals surface area contributed by atoms with Crippen molar-refractivity contribution in [3.63, 3.8) is 0 Å². The lowest BCUT2D eigenvalue weighted by molar-refractivity contribution is 0.103. The molecule has 0 saturated heterocycles. The highest BCUT2D eigenvalue weighted by atomic mass is 16.5. The summed E-state index contributed by atoms with van der Waals surface area (Å²) in [5, 5.41) is 0. The van der Waals surface area contributed by atoms with Gasteiger partial charge in [-0.3, -0.25) is 9.59 Å². The molecule has 4 aromatic carbocycles. The van der Waals surface area contributed by atoms with Gasteiger partial charge in [-0.25, -0.2) is 0 Å². The second kappa shape index (κ2) is 14.5. The van der Waals surface area contributed by atoms with Crippen molar-refractivity contribution in [1.82, 2.24) is 0 Å². The van der Waals surface area contributed by atoms with E-state index in [1.807, 2.05) is 30.3 Å². The van der Waals surface area contributed by atoms with Gasteiger partial charge in [-0.2, -0.15) is 0 Å². The first-order valence-corrected chi connectivity index (χ1v) is 13.7. The van der Waals surface area contributed by atoms with E-state index in [0.29, 0.717) is 22.6 Å². The fourth-order valence-corrected chi connectivity index (χ4v) is 4.39. The maximum atomic E-state index is 13.0. The third kappa shape index (κ3) is 7.83. The van der Waals surface area contributed by atoms with Crippen LogP contribution in [0.3, 0.4) is 0 Å². The number of carbonyl (C=O) groups excluding carboxylic acids is 2. The third-order valence-electron chi connectivity index (χ3n) is 6.76. The summed E-state index contributed by atoms with van der Waals surface area (Å²) in [5.41, 5.74) is 4.92. The number of ether oxygens (including phenoxy) is 2. The van der Waals surface area contributed by atoms with Crippen molar-refractivity contribution >= 4 is 35.1 Å². The van der Waals surface area contributed by atoms with Crippen LogP contribution in [0.15, 0.2) is 109 Å². The predicted octanol–water partition coefficient (Wildman–Crippen LogP) is 8.43. The van der Waals surface area contributed by atoms with E-state index < -0.39 is 0 Å². The number of unbranched alkanes of at least 4 members (excludes halogenated alkanes) is 1. The molecule has 4 aromatic rings. The Bertz CT molecular complexity index is 1500. The average molecular weight is 546 g/mol. The number of carbonyl (C=O) groups is 2. The zero-order valence-corrected chi connectivity index (χ0v) is 23.7. The molecule has 0 heterocycles. The Hall–Kier alpha value is -4.90. The second-order valence-corrected chi connectivity index (χ2v) is 9.51. The second-order valence-electron chi connectivity index (χ2n) is 9.51.